The van der Waals surface area contributed by atoms with Crippen molar-refractivity contribution >= 4 is 46.0 Å². The van der Waals surface area contributed by atoms with Crippen LogP contribution in [0.2, 0.25) is 0 Å². The number of hydrogen-bond acceptors (Lipinski definition) is 7. The predicted octanol–water partition coefficient (Wildman–Crippen LogP) is 5.13. The van der Waals surface area contributed by atoms with Crippen molar-refractivity contribution in [3.63, 3.8) is 0 Å². The van der Waals surface area contributed by atoms with Crippen molar-refractivity contribution in [2.24, 2.45) is 0 Å². The van der Waals surface area contributed by atoms with Gasteiger partial charge in [0.25, 0.3) is 0 Å². The normalized spacial score (nSPS) is 14.0. The fraction of sp³-hybridized carbons (Fsp3) is 0.333. The number of anilines is 4. The van der Waals surface area contributed by atoms with E-state index in [1.54, 1.807) is 0 Å². The van der Waals surface area contributed by atoms with E-state index in [1.807, 2.05) is 18.1 Å². The van der Waals surface area contributed by atoms with Gasteiger partial charge in [-0.15, -0.1) is 0 Å². The molecule has 0 atom stereocenters. The van der Waals surface area contributed by atoms with E-state index in [0.717, 1.165) is 49.4 Å². The molecule has 0 bridgehead atoms. The number of rotatable bonds is 8. The summed E-state index contributed by atoms with van der Waals surface area (Å²) < 4.78 is 4.46. The summed E-state index contributed by atoms with van der Waals surface area (Å²) in [6.45, 7) is 9.33. The fourth-order valence-corrected chi connectivity index (χ4v) is 5.40. The quantitative estimate of drug-likeness (QED) is 0.334. The lowest BCUT2D eigenvalue weighted by molar-refractivity contribution is 0.589. The minimum Gasteiger partial charge on any atom is -0.369 e. The van der Waals surface area contributed by atoms with Crippen LogP contribution < -0.4 is 19.8 Å². The predicted molar refractivity (Wildman–Crippen MR) is 149 cm³/mol. The molecular weight excluding hydrogens is 454 g/mol. The molecule has 2 N–H and O–H groups in total. The Bertz CT molecular complexity index is 1260. The maximum absolute atomic E-state index is 4.87. The highest BCUT2D eigenvalue weighted by Crippen LogP contribution is 2.29. The van der Waals surface area contributed by atoms with E-state index in [0.29, 0.717) is 11.2 Å². The molecular formula is C27H33N7S. The molecule has 4 aromatic rings. The summed E-state index contributed by atoms with van der Waals surface area (Å²) in [6.07, 6.45) is 3.99. The minimum atomic E-state index is 0.521. The van der Waals surface area contributed by atoms with Crippen LogP contribution in [0.4, 0.5) is 23.0 Å². The van der Waals surface area contributed by atoms with Gasteiger partial charge >= 0.3 is 0 Å². The number of aromatic nitrogens is 3. The number of nitrogens with one attached hydrogen (secondary N) is 2. The highest BCUT2D eigenvalue weighted by Gasteiger charge is 2.13. The summed E-state index contributed by atoms with van der Waals surface area (Å²) in [5.74, 6) is 0.605. The molecule has 1 fully saturated rings. The minimum absolute atomic E-state index is 0.521. The van der Waals surface area contributed by atoms with Crippen LogP contribution >= 0.6 is 11.9 Å². The van der Waals surface area contributed by atoms with Crippen LogP contribution in [0.25, 0.3) is 11.0 Å². The van der Waals surface area contributed by atoms with E-state index in [-0.39, 0.29) is 0 Å². The first-order chi connectivity index (χ1) is 17.1. The summed E-state index contributed by atoms with van der Waals surface area (Å²) in [7, 11) is 2.13. The van der Waals surface area contributed by atoms with E-state index < -0.39 is 0 Å². The molecule has 0 aliphatic carbocycles. The maximum Gasteiger partial charge on any atom is 0.229 e. The topological polar surface area (TPSA) is 61.3 Å². The van der Waals surface area contributed by atoms with Gasteiger partial charge in [-0.1, -0.05) is 32.0 Å². The number of fused-ring (bicyclic) bond motifs is 1. The van der Waals surface area contributed by atoms with E-state index in [9.17, 15) is 0 Å². The van der Waals surface area contributed by atoms with Crippen molar-refractivity contribution in [1.82, 2.24) is 19.9 Å². The summed E-state index contributed by atoms with van der Waals surface area (Å²) in [6, 6.07) is 19.2. The van der Waals surface area contributed by atoms with Gasteiger partial charge < -0.3 is 24.4 Å². The van der Waals surface area contributed by atoms with Crippen LogP contribution in [0.5, 0.6) is 0 Å². The Hall–Kier alpha value is -3.23. The summed E-state index contributed by atoms with van der Waals surface area (Å²) in [5, 5.41) is 8.34. The van der Waals surface area contributed by atoms with Crippen molar-refractivity contribution in [2.75, 3.05) is 47.7 Å². The molecule has 0 spiro atoms. The average molecular weight is 488 g/mol. The molecule has 0 unspecified atom stereocenters. The van der Waals surface area contributed by atoms with Gasteiger partial charge in [-0.25, -0.2) is 4.98 Å². The molecule has 1 saturated heterocycles. The number of nitrogens with zero attached hydrogens (tertiary/aromatic N) is 5. The Kier molecular flexibility index (Phi) is 7.11. The van der Waals surface area contributed by atoms with Crippen LogP contribution in [0.15, 0.2) is 67.0 Å². The second-order valence-corrected chi connectivity index (χ2v) is 10.8. The van der Waals surface area contributed by atoms with Crippen molar-refractivity contribution in [1.29, 1.82) is 0 Å². The number of hydrogen-bond donors (Lipinski definition) is 2. The number of benzene rings is 2. The van der Waals surface area contributed by atoms with Gasteiger partial charge in [0, 0.05) is 67.6 Å². The Morgan fingerprint density at radius 1 is 1.06 bits per heavy atom. The fourth-order valence-electron chi connectivity index (χ4n) is 4.47. The zero-order chi connectivity index (χ0) is 24.2. The van der Waals surface area contributed by atoms with Gasteiger partial charge in [0.1, 0.15) is 5.65 Å². The standard InChI is InChI=1S/C27H33N7S/c1-20(2)35-32(3)25-7-5-4-6-22(25)19-34-15-12-21-18-29-27(31-26(21)34)30-23-8-10-24(11-9-23)33-16-13-28-14-17-33/h4-12,15,18,20,28H,13-14,16-17,19H2,1-3H3,(H,29,30,31). The monoisotopic (exact) mass is 487 g/mol. The molecule has 0 amide bonds. The second-order valence-electron chi connectivity index (χ2n) is 9.11. The maximum atomic E-state index is 4.87. The second kappa shape index (κ2) is 10.6. The van der Waals surface area contributed by atoms with Crippen LogP contribution in [-0.2, 0) is 6.54 Å². The first kappa shape index (κ1) is 23.5. The number of piperazine rings is 1. The molecule has 2 aromatic carbocycles. The zero-order valence-corrected chi connectivity index (χ0v) is 21.4. The Labute approximate surface area is 211 Å². The lowest BCUT2D eigenvalue weighted by atomic mass is 10.2. The van der Waals surface area contributed by atoms with Gasteiger partial charge in [-0.05, 0) is 53.9 Å². The number of para-hydroxylation sites is 1. The zero-order valence-electron chi connectivity index (χ0n) is 20.6. The molecule has 2 aromatic heterocycles. The molecule has 3 heterocycles. The van der Waals surface area contributed by atoms with E-state index >= 15 is 0 Å². The molecule has 35 heavy (non-hydrogen) atoms. The molecule has 8 heteroatoms. The van der Waals surface area contributed by atoms with E-state index in [1.165, 1.54) is 16.9 Å². The van der Waals surface area contributed by atoms with Crippen LogP contribution in [-0.4, -0.2) is 53.0 Å². The SMILES string of the molecule is CC(C)SN(C)c1ccccc1Cn1ccc2cnc(Nc3ccc(N4CCNCC4)cc3)nc21. The first-order valence-electron chi connectivity index (χ1n) is 12.2. The third kappa shape index (κ3) is 5.55. The highest BCUT2D eigenvalue weighted by molar-refractivity contribution is 8.01. The third-order valence-corrected chi connectivity index (χ3v) is 7.08. The van der Waals surface area contributed by atoms with Gasteiger partial charge in [0.2, 0.25) is 5.95 Å². The van der Waals surface area contributed by atoms with Crippen molar-refractivity contribution in [3.8, 4) is 0 Å². The summed E-state index contributed by atoms with van der Waals surface area (Å²) >= 11 is 1.83. The van der Waals surface area contributed by atoms with E-state index in [2.05, 4.69) is 111 Å². The molecule has 0 radical (unpaired) electrons. The smallest absolute Gasteiger partial charge is 0.229 e. The van der Waals surface area contributed by atoms with Crippen molar-refractivity contribution in [2.45, 2.75) is 25.6 Å². The molecule has 0 saturated carbocycles. The molecule has 1 aliphatic rings. The average Bonchev–Trinajstić information content (AvgIpc) is 3.27. The van der Waals surface area contributed by atoms with Gasteiger partial charge in [0.15, 0.2) is 0 Å². The summed E-state index contributed by atoms with van der Waals surface area (Å²) in [4.78, 5) is 11.8. The Morgan fingerprint density at radius 3 is 2.60 bits per heavy atom. The van der Waals surface area contributed by atoms with Gasteiger partial charge in [-0.2, -0.15) is 4.98 Å². The van der Waals surface area contributed by atoms with Crippen molar-refractivity contribution in [3.05, 3.63) is 72.6 Å². The van der Waals surface area contributed by atoms with E-state index in [4.69, 9.17) is 4.98 Å². The molecule has 1 aliphatic heterocycles. The molecule has 5 rings (SSSR count). The first-order valence-corrected chi connectivity index (χ1v) is 13.0. The molecule has 7 nitrogen and oxygen atoms in total. The van der Waals surface area contributed by atoms with Gasteiger partial charge in [-0.3, -0.25) is 0 Å². The van der Waals surface area contributed by atoms with Gasteiger partial charge in [0.05, 0.1) is 12.2 Å². The summed E-state index contributed by atoms with van der Waals surface area (Å²) in [5.41, 5.74) is 5.65. The highest BCUT2D eigenvalue weighted by atomic mass is 32.2. The molecule has 182 valence electrons. The van der Waals surface area contributed by atoms with Crippen LogP contribution in [0.1, 0.15) is 19.4 Å². The van der Waals surface area contributed by atoms with Crippen molar-refractivity contribution < 1.29 is 0 Å². The van der Waals surface area contributed by atoms with Crippen LogP contribution in [0, 0.1) is 0 Å². The third-order valence-electron chi connectivity index (χ3n) is 6.15. The lowest BCUT2D eigenvalue weighted by Crippen LogP contribution is -2.43. The largest absolute Gasteiger partial charge is 0.369 e. The Balaban J connectivity index is 1.34. The Morgan fingerprint density at radius 2 is 1.83 bits per heavy atom. The van der Waals surface area contributed by atoms with Crippen LogP contribution in [0.3, 0.4) is 0 Å². The lowest BCUT2D eigenvalue weighted by Gasteiger charge is -2.29.